The summed E-state index contributed by atoms with van der Waals surface area (Å²) in [5.74, 6) is -0.148. The predicted molar refractivity (Wildman–Crippen MR) is 112 cm³/mol. The number of nitrogens with zero attached hydrogens (tertiary/aromatic N) is 1. The third kappa shape index (κ3) is 4.62. The highest BCUT2D eigenvalue weighted by atomic mass is 32.2. The molecule has 28 heavy (non-hydrogen) atoms. The summed E-state index contributed by atoms with van der Waals surface area (Å²) >= 11 is 0. The van der Waals surface area contributed by atoms with Gasteiger partial charge in [0.2, 0.25) is 15.9 Å². The van der Waals surface area contributed by atoms with E-state index in [1.165, 1.54) is 4.31 Å². The minimum atomic E-state index is -3.61. The zero-order chi connectivity index (χ0) is 20.3. The first-order valence-corrected chi connectivity index (χ1v) is 11.2. The highest BCUT2D eigenvalue weighted by molar-refractivity contribution is 7.89. The number of aryl methyl sites for hydroxylation is 3. The molecule has 0 saturated carbocycles. The number of carbonyl (C=O) groups is 1. The van der Waals surface area contributed by atoms with Crippen LogP contribution >= 0.6 is 0 Å². The number of rotatable bonds is 5. The van der Waals surface area contributed by atoms with Crippen molar-refractivity contribution in [3.8, 4) is 0 Å². The number of carbonyl (C=O) groups excluding carboxylic acids is 1. The van der Waals surface area contributed by atoms with Gasteiger partial charge in [-0.25, -0.2) is 8.42 Å². The minimum absolute atomic E-state index is 0.148. The van der Waals surface area contributed by atoms with Gasteiger partial charge in [0, 0.05) is 24.7 Å². The van der Waals surface area contributed by atoms with E-state index in [2.05, 4.69) is 5.32 Å². The SMILES string of the molecule is Cc1ccc(S(=O)(=O)N2CCCC[C@@H]2CC(=O)Nc2cc(C)ccc2C)cc1. The second-order valence-corrected chi connectivity index (χ2v) is 9.54. The molecule has 1 heterocycles. The van der Waals surface area contributed by atoms with Gasteiger partial charge in [-0.1, -0.05) is 36.2 Å². The molecule has 2 aromatic carbocycles. The number of hydrogen-bond acceptors (Lipinski definition) is 3. The Morgan fingerprint density at radius 2 is 1.71 bits per heavy atom. The van der Waals surface area contributed by atoms with Crippen LogP contribution in [-0.2, 0) is 14.8 Å². The molecular weight excluding hydrogens is 372 g/mol. The fraction of sp³-hybridized carbons (Fsp3) is 0.409. The first-order valence-electron chi connectivity index (χ1n) is 9.73. The molecule has 0 bridgehead atoms. The van der Waals surface area contributed by atoms with Crippen LogP contribution in [0.4, 0.5) is 5.69 Å². The van der Waals surface area contributed by atoms with Gasteiger partial charge < -0.3 is 5.32 Å². The van der Waals surface area contributed by atoms with Crippen LogP contribution in [0.2, 0.25) is 0 Å². The lowest BCUT2D eigenvalue weighted by Crippen LogP contribution is -2.45. The number of nitrogens with one attached hydrogen (secondary N) is 1. The number of piperidine rings is 1. The third-order valence-corrected chi connectivity index (χ3v) is 7.25. The Labute approximate surface area is 167 Å². The normalized spacial score (nSPS) is 18.0. The van der Waals surface area contributed by atoms with Crippen molar-refractivity contribution in [2.24, 2.45) is 0 Å². The van der Waals surface area contributed by atoms with Gasteiger partial charge in [-0.15, -0.1) is 0 Å². The second-order valence-electron chi connectivity index (χ2n) is 7.65. The van der Waals surface area contributed by atoms with E-state index in [1.54, 1.807) is 24.3 Å². The van der Waals surface area contributed by atoms with Crippen LogP contribution in [-0.4, -0.2) is 31.2 Å². The molecule has 1 fully saturated rings. The van der Waals surface area contributed by atoms with Crippen LogP contribution in [0.25, 0.3) is 0 Å². The Morgan fingerprint density at radius 1 is 1.04 bits per heavy atom. The van der Waals surface area contributed by atoms with Gasteiger partial charge in [-0.3, -0.25) is 4.79 Å². The van der Waals surface area contributed by atoms with Crippen molar-refractivity contribution in [3.63, 3.8) is 0 Å². The molecule has 5 nitrogen and oxygen atoms in total. The standard InChI is InChI=1S/C22H28N2O3S/c1-16-8-11-20(12-9-16)28(26,27)24-13-5-4-6-19(24)15-22(25)23-21-14-17(2)7-10-18(21)3/h7-12,14,19H,4-6,13,15H2,1-3H3,(H,23,25)/t19-/m1/s1. The van der Waals surface area contributed by atoms with Crippen LogP contribution in [0, 0.1) is 20.8 Å². The average Bonchev–Trinajstić information content (AvgIpc) is 2.65. The van der Waals surface area contributed by atoms with Crippen molar-refractivity contribution in [1.29, 1.82) is 0 Å². The number of sulfonamides is 1. The lowest BCUT2D eigenvalue weighted by atomic mass is 10.0. The molecule has 1 N–H and O–H groups in total. The van der Waals surface area contributed by atoms with Crippen LogP contribution in [0.1, 0.15) is 42.4 Å². The van der Waals surface area contributed by atoms with Gasteiger partial charge in [0.1, 0.15) is 0 Å². The molecule has 150 valence electrons. The molecule has 6 heteroatoms. The summed E-state index contributed by atoms with van der Waals surface area (Å²) in [5.41, 5.74) is 3.87. The summed E-state index contributed by atoms with van der Waals surface area (Å²) in [6.07, 6.45) is 2.62. The third-order valence-electron chi connectivity index (χ3n) is 5.29. The van der Waals surface area contributed by atoms with Gasteiger partial charge in [-0.2, -0.15) is 4.31 Å². The van der Waals surface area contributed by atoms with E-state index in [0.717, 1.165) is 35.2 Å². The highest BCUT2D eigenvalue weighted by Crippen LogP contribution is 2.28. The van der Waals surface area contributed by atoms with Gasteiger partial charge in [-0.05, 0) is 62.9 Å². The zero-order valence-electron chi connectivity index (χ0n) is 16.7. The molecule has 0 aliphatic carbocycles. The molecule has 0 radical (unpaired) electrons. The predicted octanol–water partition coefficient (Wildman–Crippen LogP) is 4.18. The van der Waals surface area contributed by atoms with E-state index in [9.17, 15) is 13.2 Å². The number of amides is 1. The highest BCUT2D eigenvalue weighted by Gasteiger charge is 2.34. The van der Waals surface area contributed by atoms with E-state index < -0.39 is 10.0 Å². The molecule has 1 amide bonds. The monoisotopic (exact) mass is 400 g/mol. The lowest BCUT2D eigenvalue weighted by molar-refractivity contribution is -0.117. The van der Waals surface area contributed by atoms with Crippen LogP contribution in [0.15, 0.2) is 47.4 Å². The van der Waals surface area contributed by atoms with Crippen LogP contribution in [0.5, 0.6) is 0 Å². The molecule has 1 atom stereocenters. The van der Waals surface area contributed by atoms with E-state index in [-0.39, 0.29) is 18.4 Å². The van der Waals surface area contributed by atoms with Crippen molar-refractivity contribution < 1.29 is 13.2 Å². The topological polar surface area (TPSA) is 66.5 Å². The Balaban J connectivity index is 1.76. The molecule has 0 spiro atoms. The van der Waals surface area contributed by atoms with Gasteiger partial charge >= 0.3 is 0 Å². The summed E-state index contributed by atoms with van der Waals surface area (Å²) in [7, 11) is -3.61. The smallest absolute Gasteiger partial charge is 0.243 e. The Kier molecular flexibility index (Phi) is 6.20. The fourth-order valence-electron chi connectivity index (χ4n) is 3.63. The Bertz CT molecular complexity index is 952. The van der Waals surface area contributed by atoms with Crippen LogP contribution in [0.3, 0.4) is 0 Å². The van der Waals surface area contributed by atoms with Crippen molar-refractivity contribution in [3.05, 3.63) is 59.2 Å². The maximum Gasteiger partial charge on any atom is 0.243 e. The molecule has 0 aromatic heterocycles. The quantitative estimate of drug-likeness (QED) is 0.819. The van der Waals surface area contributed by atoms with E-state index in [1.807, 2.05) is 39.0 Å². The van der Waals surface area contributed by atoms with E-state index in [4.69, 9.17) is 0 Å². The molecule has 1 saturated heterocycles. The summed E-state index contributed by atoms with van der Waals surface area (Å²) in [4.78, 5) is 13.0. The molecule has 1 aliphatic rings. The molecule has 0 unspecified atom stereocenters. The first-order chi connectivity index (χ1) is 13.3. The van der Waals surface area contributed by atoms with E-state index >= 15 is 0 Å². The van der Waals surface area contributed by atoms with Crippen molar-refractivity contribution in [2.45, 2.75) is 57.4 Å². The average molecular weight is 401 g/mol. The first kappa shape index (κ1) is 20.6. The number of benzene rings is 2. The molecule has 1 aliphatic heterocycles. The zero-order valence-corrected chi connectivity index (χ0v) is 17.6. The molecular formula is C22H28N2O3S. The summed E-state index contributed by atoms with van der Waals surface area (Å²) < 4.78 is 27.8. The van der Waals surface area contributed by atoms with Gasteiger partial charge in [0.05, 0.1) is 4.90 Å². The number of anilines is 1. The molecule has 3 rings (SSSR count). The van der Waals surface area contributed by atoms with E-state index in [0.29, 0.717) is 17.9 Å². The Morgan fingerprint density at radius 3 is 2.43 bits per heavy atom. The van der Waals surface area contributed by atoms with Gasteiger partial charge in [0.15, 0.2) is 0 Å². The fourth-order valence-corrected chi connectivity index (χ4v) is 5.32. The summed E-state index contributed by atoms with van der Waals surface area (Å²) in [5, 5.41) is 2.96. The van der Waals surface area contributed by atoms with Gasteiger partial charge in [0.25, 0.3) is 0 Å². The summed E-state index contributed by atoms with van der Waals surface area (Å²) in [6.45, 7) is 6.31. The number of hydrogen-bond donors (Lipinski definition) is 1. The minimum Gasteiger partial charge on any atom is -0.326 e. The van der Waals surface area contributed by atoms with Crippen molar-refractivity contribution in [1.82, 2.24) is 4.31 Å². The summed E-state index contributed by atoms with van der Waals surface area (Å²) in [6, 6.07) is 12.5. The van der Waals surface area contributed by atoms with Crippen LogP contribution < -0.4 is 5.32 Å². The maximum absolute atomic E-state index is 13.1. The lowest BCUT2D eigenvalue weighted by Gasteiger charge is -2.34. The van der Waals surface area contributed by atoms with Crippen molar-refractivity contribution in [2.75, 3.05) is 11.9 Å². The second kappa shape index (κ2) is 8.45. The Hall–Kier alpha value is -2.18. The maximum atomic E-state index is 13.1. The molecule has 2 aromatic rings. The largest absolute Gasteiger partial charge is 0.326 e. The van der Waals surface area contributed by atoms with Crippen molar-refractivity contribution >= 4 is 21.6 Å².